The van der Waals surface area contributed by atoms with Crippen molar-refractivity contribution < 1.29 is 0 Å². The number of rotatable bonds is 5. The van der Waals surface area contributed by atoms with Gasteiger partial charge in [-0.05, 0) is 41.0 Å². The van der Waals surface area contributed by atoms with Gasteiger partial charge in [-0.25, -0.2) is 15.0 Å². The molecule has 0 saturated heterocycles. The third kappa shape index (κ3) is 4.63. The van der Waals surface area contributed by atoms with Gasteiger partial charge in [0.15, 0.2) is 17.5 Å². The standard InChI is InChI=1S/C36H24N4/c1-4-12-25(13-5-1)29-22-30(32-20-10-18-26-19-11-21-37-33(26)32)24-31(23-29)36-39-34(27-14-6-2-7-15-27)38-35(40-36)28-16-8-3-9-17-28/h1-24H. The van der Waals surface area contributed by atoms with E-state index in [0.717, 1.165) is 49.8 Å². The van der Waals surface area contributed by atoms with Crippen LogP contribution in [0.2, 0.25) is 0 Å². The summed E-state index contributed by atoms with van der Waals surface area (Å²) in [4.78, 5) is 19.6. The quantitative estimate of drug-likeness (QED) is 0.231. The first kappa shape index (κ1) is 23.6. The fourth-order valence-electron chi connectivity index (χ4n) is 4.98. The second kappa shape index (κ2) is 10.4. The van der Waals surface area contributed by atoms with Crippen molar-refractivity contribution in [1.82, 2.24) is 19.9 Å². The molecule has 0 saturated carbocycles. The highest BCUT2D eigenvalue weighted by Crippen LogP contribution is 2.35. The summed E-state index contributed by atoms with van der Waals surface area (Å²) in [6.07, 6.45) is 1.85. The Labute approximate surface area is 232 Å². The Morgan fingerprint density at radius 2 is 0.850 bits per heavy atom. The maximum absolute atomic E-state index is 4.99. The Balaban J connectivity index is 1.48. The zero-order valence-corrected chi connectivity index (χ0v) is 21.6. The van der Waals surface area contributed by atoms with Gasteiger partial charge in [0, 0.05) is 33.8 Å². The lowest BCUT2D eigenvalue weighted by Gasteiger charge is -2.13. The zero-order chi connectivity index (χ0) is 26.7. The van der Waals surface area contributed by atoms with Gasteiger partial charge in [-0.3, -0.25) is 4.98 Å². The summed E-state index contributed by atoms with van der Waals surface area (Å²) in [6, 6.07) is 47.4. The van der Waals surface area contributed by atoms with Crippen LogP contribution in [0.25, 0.3) is 67.3 Å². The van der Waals surface area contributed by atoms with Gasteiger partial charge in [0.1, 0.15) is 0 Å². The topological polar surface area (TPSA) is 51.6 Å². The van der Waals surface area contributed by atoms with Crippen molar-refractivity contribution >= 4 is 10.9 Å². The molecule has 0 radical (unpaired) electrons. The molecular formula is C36H24N4. The van der Waals surface area contributed by atoms with Crippen LogP contribution in [-0.2, 0) is 0 Å². The van der Waals surface area contributed by atoms with Crippen LogP contribution in [-0.4, -0.2) is 19.9 Å². The molecule has 188 valence electrons. The van der Waals surface area contributed by atoms with Gasteiger partial charge >= 0.3 is 0 Å². The molecule has 2 aromatic heterocycles. The first-order valence-corrected chi connectivity index (χ1v) is 13.2. The number of nitrogens with zero attached hydrogens (tertiary/aromatic N) is 4. The SMILES string of the molecule is c1ccc(-c2cc(-c3nc(-c4ccccc4)nc(-c4ccccc4)n3)cc(-c3cccc4cccnc34)c2)cc1. The summed E-state index contributed by atoms with van der Waals surface area (Å²) in [5.41, 5.74) is 8.11. The van der Waals surface area contributed by atoms with Gasteiger partial charge in [0.05, 0.1) is 5.52 Å². The van der Waals surface area contributed by atoms with Gasteiger partial charge in [-0.2, -0.15) is 0 Å². The normalized spacial score (nSPS) is 11.0. The van der Waals surface area contributed by atoms with Gasteiger partial charge < -0.3 is 0 Å². The maximum Gasteiger partial charge on any atom is 0.164 e. The van der Waals surface area contributed by atoms with E-state index in [9.17, 15) is 0 Å². The van der Waals surface area contributed by atoms with E-state index < -0.39 is 0 Å². The number of pyridine rings is 1. The minimum Gasteiger partial charge on any atom is -0.256 e. The summed E-state index contributed by atoms with van der Waals surface area (Å²) in [5.74, 6) is 1.91. The van der Waals surface area contributed by atoms with E-state index in [1.165, 1.54) is 0 Å². The molecule has 0 spiro atoms. The second-order valence-electron chi connectivity index (χ2n) is 9.58. The summed E-state index contributed by atoms with van der Waals surface area (Å²) in [5, 5.41) is 1.10. The van der Waals surface area contributed by atoms with Crippen molar-refractivity contribution in [3.63, 3.8) is 0 Å². The Morgan fingerprint density at radius 1 is 0.350 bits per heavy atom. The van der Waals surface area contributed by atoms with Crippen molar-refractivity contribution in [1.29, 1.82) is 0 Å². The molecule has 0 aliphatic rings. The van der Waals surface area contributed by atoms with E-state index in [1.807, 2.05) is 79.0 Å². The van der Waals surface area contributed by atoms with E-state index in [0.29, 0.717) is 17.5 Å². The van der Waals surface area contributed by atoms with Crippen LogP contribution in [0.3, 0.4) is 0 Å². The van der Waals surface area contributed by atoms with Crippen molar-refractivity contribution in [2.24, 2.45) is 0 Å². The van der Waals surface area contributed by atoms with E-state index in [1.54, 1.807) is 0 Å². The largest absolute Gasteiger partial charge is 0.256 e. The molecule has 7 rings (SSSR count). The van der Waals surface area contributed by atoms with Crippen molar-refractivity contribution in [2.75, 3.05) is 0 Å². The molecule has 0 bridgehead atoms. The lowest BCUT2D eigenvalue weighted by molar-refractivity contribution is 1.07. The average Bonchev–Trinajstić information content (AvgIpc) is 3.05. The van der Waals surface area contributed by atoms with Crippen LogP contribution in [0.15, 0.2) is 146 Å². The molecule has 2 heterocycles. The van der Waals surface area contributed by atoms with Crippen LogP contribution in [0, 0.1) is 0 Å². The Kier molecular flexibility index (Phi) is 6.11. The minimum absolute atomic E-state index is 0.625. The average molecular weight is 513 g/mol. The smallest absolute Gasteiger partial charge is 0.164 e. The first-order valence-electron chi connectivity index (χ1n) is 13.2. The van der Waals surface area contributed by atoms with Gasteiger partial charge in [-0.15, -0.1) is 0 Å². The molecule has 0 amide bonds. The highest BCUT2D eigenvalue weighted by atomic mass is 15.0. The number of hydrogen-bond acceptors (Lipinski definition) is 4. The molecule has 0 aliphatic carbocycles. The highest BCUT2D eigenvalue weighted by molar-refractivity contribution is 5.95. The van der Waals surface area contributed by atoms with Gasteiger partial charge in [0.2, 0.25) is 0 Å². The lowest BCUT2D eigenvalue weighted by Crippen LogP contribution is -2.00. The monoisotopic (exact) mass is 512 g/mol. The van der Waals surface area contributed by atoms with Gasteiger partial charge in [0.25, 0.3) is 0 Å². The number of fused-ring (bicyclic) bond motifs is 1. The van der Waals surface area contributed by atoms with E-state index in [2.05, 4.69) is 66.7 Å². The van der Waals surface area contributed by atoms with Crippen LogP contribution in [0.4, 0.5) is 0 Å². The molecule has 0 atom stereocenters. The number of para-hydroxylation sites is 1. The second-order valence-corrected chi connectivity index (χ2v) is 9.58. The number of aromatic nitrogens is 4. The third-order valence-electron chi connectivity index (χ3n) is 6.94. The van der Waals surface area contributed by atoms with Crippen molar-refractivity contribution in [2.45, 2.75) is 0 Å². The molecule has 4 nitrogen and oxygen atoms in total. The third-order valence-corrected chi connectivity index (χ3v) is 6.94. The summed E-state index contributed by atoms with van der Waals surface area (Å²) in [6.45, 7) is 0. The summed E-state index contributed by atoms with van der Waals surface area (Å²) < 4.78 is 0. The predicted octanol–water partition coefficient (Wildman–Crippen LogP) is 8.75. The van der Waals surface area contributed by atoms with Crippen molar-refractivity contribution in [3.8, 4) is 56.4 Å². The van der Waals surface area contributed by atoms with Crippen LogP contribution in [0.1, 0.15) is 0 Å². The van der Waals surface area contributed by atoms with E-state index in [4.69, 9.17) is 19.9 Å². The van der Waals surface area contributed by atoms with Crippen LogP contribution >= 0.6 is 0 Å². The molecule has 0 unspecified atom stereocenters. The summed E-state index contributed by atoms with van der Waals surface area (Å²) in [7, 11) is 0. The number of hydrogen-bond donors (Lipinski definition) is 0. The maximum atomic E-state index is 4.99. The zero-order valence-electron chi connectivity index (χ0n) is 21.6. The first-order chi connectivity index (χ1) is 19.8. The molecule has 7 aromatic rings. The van der Waals surface area contributed by atoms with Gasteiger partial charge in [-0.1, -0.05) is 115 Å². The molecule has 0 aliphatic heterocycles. The summed E-state index contributed by atoms with van der Waals surface area (Å²) >= 11 is 0. The molecule has 0 N–H and O–H groups in total. The lowest BCUT2D eigenvalue weighted by atomic mass is 9.94. The molecule has 40 heavy (non-hydrogen) atoms. The Bertz CT molecular complexity index is 1870. The fourth-order valence-corrected chi connectivity index (χ4v) is 4.98. The van der Waals surface area contributed by atoms with E-state index >= 15 is 0 Å². The Hall–Kier alpha value is -5.48. The minimum atomic E-state index is 0.625. The van der Waals surface area contributed by atoms with Crippen LogP contribution in [0.5, 0.6) is 0 Å². The van der Waals surface area contributed by atoms with Crippen LogP contribution < -0.4 is 0 Å². The molecule has 0 fully saturated rings. The molecule has 5 aromatic carbocycles. The van der Waals surface area contributed by atoms with E-state index in [-0.39, 0.29) is 0 Å². The highest BCUT2D eigenvalue weighted by Gasteiger charge is 2.15. The van der Waals surface area contributed by atoms with Crippen molar-refractivity contribution in [3.05, 3.63) is 146 Å². The number of benzene rings is 5. The Morgan fingerprint density at radius 3 is 1.48 bits per heavy atom. The predicted molar refractivity (Wildman–Crippen MR) is 162 cm³/mol. The molecular weight excluding hydrogens is 488 g/mol. The fraction of sp³-hybridized carbons (Fsp3) is 0. The molecule has 4 heteroatoms.